The van der Waals surface area contributed by atoms with Gasteiger partial charge in [0.05, 0.1) is 0 Å². The predicted octanol–water partition coefficient (Wildman–Crippen LogP) is 1.19. The van der Waals surface area contributed by atoms with E-state index >= 15 is 0 Å². The van der Waals surface area contributed by atoms with Crippen LogP contribution in [0, 0.1) is 0 Å². The zero-order valence-electron chi connectivity index (χ0n) is 16.0. The molecule has 1 saturated heterocycles. The SMILES string of the molecule is CN=C(NCc1cccc(OCC(N)=O)c1)N1CCN(C(C)C(F)(F)F)CC1. The molecule has 0 aliphatic carbocycles. The summed E-state index contributed by atoms with van der Waals surface area (Å²) in [6.07, 6.45) is -4.22. The molecule has 1 amide bonds. The Morgan fingerprint density at radius 3 is 2.57 bits per heavy atom. The number of amides is 1. The van der Waals surface area contributed by atoms with Gasteiger partial charge in [0.15, 0.2) is 12.6 Å². The number of aliphatic imine (C=N–C) groups is 1. The first-order chi connectivity index (χ1) is 13.2. The van der Waals surface area contributed by atoms with E-state index < -0.39 is 18.1 Å². The number of carbonyl (C=O) groups is 1. The van der Waals surface area contributed by atoms with Crippen molar-refractivity contribution in [3.63, 3.8) is 0 Å². The number of halogens is 3. The second kappa shape index (κ2) is 9.63. The molecule has 0 bridgehead atoms. The van der Waals surface area contributed by atoms with Crippen LogP contribution >= 0.6 is 0 Å². The van der Waals surface area contributed by atoms with Crippen LogP contribution in [0.2, 0.25) is 0 Å². The van der Waals surface area contributed by atoms with Gasteiger partial charge in [-0.05, 0) is 24.6 Å². The number of piperazine rings is 1. The van der Waals surface area contributed by atoms with Crippen molar-refractivity contribution in [3.8, 4) is 5.75 Å². The van der Waals surface area contributed by atoms with Crippen LogP contribution < -0.4 is 15.8 Å². The molecule has 2 rings (SSSR count). The normalized spacial score (nSPS) is 17.3. The van der Waals surface area contributed by atoms with E-state index in [4.69, 9.17) is 10.5 Å². The van der Waals surface area contributed by atoms with E-state index in [0.29, 0.717) is 44.4 Å². The first-order valence-corrected chi connectivity index (χ1v) is 8.97. The number of primary amides is 1. The van der Waals surface area contributed by atoms with E-state index in [0.717, 1.165) is 5.56 Å². The Bertz CT molecular complexity index is 688. The summed E-state index contributed by atoms with van der Waals surface area (Å²) in [5.74, 6) is 0.605. The topological polar surface area (TPSA) is 83.2 Å². The fourth-order valence-corrected chi connectivity index (χ4v) is 2.94. The van der Waals surface area contributed by atoms with Crippen LogP contribution in [0.3, 0.4) is 0 Å². The van der Waals surface area contributed by atoms with Crippen molar-refractivity contribution in [1.82, 2.24) is 15.1 Å². The van der Waals surface area contributed by atoms with Gasteiger partial charge in [0.1, 0.15) is 11.8 Å². The van der Waals surface area contributed by atoms with Gasteiger partial charge in [0.25, 0.3) is 5.91 Å². The minimum absolute atomic E-state index is 0.195. The molecule has 28 heavy (non-hydrogen) atoms. The molecule has 10 heteroatoms. The number of rotatable bonds is 6. The highest BCUT2D eigenvalue weighted by atomic mass is 19.4. The summed E-state index contributed by atoms with van der Waals surface area (Å²) in [7, 11) is 1.64. The lowest BCUT2D eigenvalue weighted by Crippen LogP contribution is -2.56. The van der Waals surface area contributed by atoms with E-state index in [2.05, 4.69) is 10.3 Å². The van der Waals surface area contributed by atoms with Crippen LogP contribution in [0.1, 0.15) is 12.5 Å². The highest BCUT2D eigenvalue weighted by molar-refractivity contribution is 5.80. The van der Waals surface area contributed by atoms with Crippen molar-refractivity contribution >= 4 is 11.9 Å². The number of hydrogen-bond donors (Lipinski definition) is 2. The van der Waals surface area contributed by atoms with Crippen molar-refractivity contribution in [2.45, 2.75) is 25.7 Å². The second-order valence-corrected chi connectivity index (χ2v) is 6.54. The quantitative estimate of drug-likeness (QED) is 0.553. The monoisotopic (exact) mass is 401 g/mol. The van der Waals surface area contributed by atoms with Gasteiger partial charge in [0, 0.05) is 39.8 Å². The van der Waals surface area contributed by atoms with Gasteiger partial charge >= 0.3 is 6.18 Å². The van der Waals surface area contributed by atoms with Crippen molar-refractivity contribution in [1.29, 1.82) is 0 Å². The number of nitrogens with zero attached hydrogens (tertiary/aromatic N) is 3. The Labute approximate surface area is 162 Å². The molecule has 3 N–H and O–H groups in total. The van der Waals surface area contributed by atoms with Gasteiger partial charge in [-0.15, -0.1) is 0 Å². The first kappa shape index (κ1) is 21.8. The largest absolute Gasteiger partial charge is 0.484 e. The minimum atomic E-state index is -4.22. The van der Waals surface area contributed by atoms with Crippen LogP contribution in [-0.4, -0.2) is 73.7 Å². The number of benzene rings is 1. The Hall–Kier alpha value is -2.49. The number of ether oxygens (including phenoxy) is 1. The van der Waals surface area contributed by atoms with Gasteiger partial charge in [0.2, 0.25) is 0 Å². The number of hydrogen-bond acceptors (Lipinski definition) is 4. The summed E-state index contributed by atoms with van der Waals surface area (Å²) in [6.45, 7) is 3.01. The molecule has 156 valence electrons. The highest BCUT2D eigenvalue weighted by Crippen LogP contribution is 2.25. The zero-order valence-corrected chi connectivity index (χ0v) is 16.0. The molecular formula is C18H26F3N5O2. The molecule has 1 aromatic rings. The molecule has 1 aliphatic rings. The van der Waals surface area contributed by atoms with Crippen molar-refractivity contribution in [2.75, 3.05) is 39.8 Å². The predicted molar refractivity (Wildman–Crippen MR) is 100.0 cm³/mol. The molecule has 1 fully saturated rings. The average Bonchev–Trinajstić information content (AvgIpc) is 2.66. The Morgan fingerprint density at radius 2 is 2.00 bits per heavy atom. The third kappa shape index (κ3) is 6.29. The number of nitrogens with two attached hydrogens (primary N) is 1. The smallest absolute Gasteiger partial charge is 0.403 e. The number of carbonyl (C=O) groups excluding carboxylic acids is 1. The summed E-state index contributed by atoms with van der Waals surface area (Å²) in [5, 5.41) is 3.21. The molecule has 0 saturated carbocycles. The van der Waals surface area contributed by atoms with E-state index in [9.17, 15) is 18.0 Å². The molecular weight excluding hydrogens is 375 g/mol. The van der Waals surface area contributed by atoms with Crippen molar-refractivity contribution in [2.24, 2.45) is 10.7 Å². The Balaban J connectivity index is 1.87. The summed E-state index contributed by atoms with van der Waals surface area (Å²) in [4.78, 5) is 18.4. The average molecular weight is 401 g/mol. The van der Waals surface area contributed by atoms with Crippen LogP contribution in [0.4, 0.5) is 13.2 Å². The second-order valence-electron chi connectivity index (χ2n) is 6.54. The van der Waals surface area contributed by atoms with Gasteiger partial charge in [-0.3, -0.25) is 14.7 Å². The van der Waals surface area contributed by atoms with Crippen LogP contribution in [0.25, 0.3) is 0 Å². The molecule has 1 unspecified atom stereocenters. The maximum absolute atomic E-state index is 12.9. The Morgan fingerprint density at radius 1 is 1.32 bits per heavy atom. The zero-order chi connectivity index (χ0) is 20.7. The highest BCUT2D eigenvalue weighted by Gasteiger charge is 2.41. The molecule has 0 radical (unpaired) electrons. The van der Waals surface area contributed by atoms with Gasteiger partial charge in [-0.25, -0.2) is 0 Å². The maximum atomic E-state index is 12.9. The maximum Gasteiger partial charge on any atom is 0.403 e. The minimum Gasteiger partial charge on any atom is -0.484 e. The lowest BCUT2D eigenvalue weighted by atomic mass is 10.2. The third-order valence-corrected chi connectivity index (χ3v) is 4.58. The molecule has 1 aliphatic heterocycles. The molecule has 0 aromatic heterocycles. The van der Waals surface area contributed by atoms with Gasteiger partial charge in [-0.1, -0.05) is 12.1 Å². The van der Waals surface area contributed by atoms with E-state index in [1.54, 1.807) is 25.2 Å². The van der Waals surface area contributed by atoms with E-state index in [-0.39, 0.29) is 6.61 Å². The first-order valence-electron chi connectivity index (χ1n) is 8.97. The van der Waals surface area contributed by atoms with Crippen molar-refractivity contribution < 1.29 is 22.7 Å². The lowest BCUT2D eigenvalue weighted by Gasteiger charge is -2.39. The van der Waals surface area contributed by atoms with Crippen LogP contribution in [-0.2, 0) is 11.3 Å². The van der Waals surface area contributed by atoms with E-state index in [1.165, 1.54) is 11.8 Å². The standard InChI is InChI=1S/C18H26F3N5O2/c1-13(18(19,20)21)25-6-8-26(9-7-25)17(23-2)24-11-14-4-3-5-15(10-14)28-12-16(22)27/h3-5,10,13H,6-9,11-12H2,1-2H3,(H2,22,27)(H,23,24). The summed E-state index contributed by atoms with van der Waals surface area (Å²) in [5.41, 5.74) is 5.98. The number of alkyl halides is 3. The molecule has 0 spiro atoms. The summed E-state index contributed by atoms with van der Waals surface area (Å²) in [6, 6.07) is 5.75. The van der Waals surface area contributed by atoms with Gasteiger partial charge < -0.3 is 20.7 Å². The lowest BCUT2D eigenvalue weighted by molar-refractivity contribution is -0.181. The summed E-state index contributed by atoms with van der Waals surface area (Å²) < 4.78 is 43.9. The Kier molecular flexibility index (Phi) is 7.50. The fraction of sp³-hybridized carbons (Fsp3) is 0.556. The number of guanidine groups is 1. The fourth-order valence-electron chi connectivity index (χ4n) is 2.94. The van der Waals surface area contributed by atoms with E-state index in [1.807, 2.05) is 11.0 Å². The van der Waals surface area contributed by atoms with Crippen molar-refractivity contribution in [3.05, 3.63) is 29.8 Å². The summed E-state index contributed by atoms with van der Waals surface area (Å²) >= 11 is 0. The van der Waals surface area contributed by atoms with Crippen LogP contribution in [0.5, 0.6) is 5.75 Å². The molecule has 7 nitrogen and oxygen atoms in total. The number of nitrogens with one attached hydrogen (secondary N) is 1. The molecule has 1 aromatic carbocycles. The third-order valence-electron chi connectivity index (χ3n) is 4.58. The van der Waals surface area contributed by atoms with Crippen LogP contribution in [0.15, 0.2) is 29.3 Å². The molecule has 1 heterocycles. The molecule has 1 atom stereocenters. The van der Waals surface area contributed by atoms with Gasteiger partial charge in [-0.2, -0.15) is 13.2 Å².